The van der Waals surface area contributed by atoms with Crippen molar-refractivity contribution in [1.82, 2.24) is 0 Å². The van der Waals surface area contributed by atoms with E-state index in [0.29, 0.717) is 11.5 Å². The molecule has 2 heteroatoms. The van der Waals surface area contributed by atoms with Gasteiger partial charge in [-0.1, -0.05) is 12.8 Å². The molecule has 2 nitrogen and oxygen atoms in total. The average Bonchev–Trinajstić information content (AvgIpc) is 2.86. The molecule has 5 aliphatic rings. The Morgan fingerprint density at radius 1 is 0.895 bits per heavy atom. The van der Waals surface area contributed by atoms with Crippen molar-refractivity contribution in [3.63, 3.8) is 0 Å². The zero-order valence-electron chi connectivity index (χ0n) is 12.2. The van der Waals surface area contributed by atoms with Crippen molar-refractivity contribution in [2.75, 3.05) is 13.2 Å². The van der Waals surface area contributed by atoms with Crippen molar-refractivity contribution in [3.8, 4) is 0 Å². The van der Waals surface area contributed by atoms with Crippen molar-refractivity contribution in [2.24, 2.45) is 34.8 Å². The van der Waals surface area contributed by atoms with Crippen LogP contribution in [-0.2, 0) is 4.74 Å². The van der Waals surface area contributed by atoms with Crippen molar-refractivity contribution < 1.29 is 4.74 Å². The van der Waals surface area contributed by atoms with E-state index in [4.69, 9.17) is 10.5 Å². The maximum absolute atomic E-state index is 6.52. The van der Waals surface area contributed by atoms with E-state index in [9.17, 15) is 0 Å². The van der Waals surface area contributed by atoms with Crippen LogP contribution in [0.2, 0.25) is 0 Å². The number of nitrogens with two attached hydrogens (primary N) is 1. The molecule has 5 fully saturated rings. The van der Waals surface area contributed by atoms with Crippen LogP contribution in [0, 0.1) is 29.1 Å². The number of ether oxygens (including phenoxy) is 1. The molecule has 0 heterocycles. The monoisotopic (exact) mass is 263 g/mol. The SMILES string of the molecule is NCC1(COC2C3CC4CC(C3)CC2C4)CCCC1. The summed E-state index contributed by atoms with van der Waals surface area (Å²) in [5, 5.41) is 0. The van der Waals surface area contributed by atoms with Gasteiger partial charge in [0.05, 0.1) is 12.7 Å². The highest BCUT2D eigenvalue weighted by atomic mass is 16.5. The first-order valence-electron chi connectivity index (χ1n) is 8.60. The summed E-state index contributed by atoms with van der Waals surface area (Å²) < 4.78 is 6.52. The van der Waals surface area contributed by atoms with Gasteiger partial charge in [0.1, 0.15) is 0 Å². The molecule has 19 heavy (non-hydrogen) atoms. The molecule has 0 spiro atoms. The minimum Gasteiger partial charge on any atom is -0.377 e. The van der Waals surface area contributed by atoms with Crippen molar-refractivity contribution in [1.29, 1.82) is 0 Å². The zero-order valence-corrected chi connectivity index (χ0v) is 12.2. The standard InChI is InChI=1S/C17H29NO/c18-10-17(3-1-2-4-17)11-19-16-14-6-12-5-13(8-14)9-15(16)7-12/h12-16H,1-11,18H2. The third-order valence-electron chi connectivity index (χ3n) is 6.82. The summed E-state index contributed by atoms with van der Waals surface area (Å²) in [6, 6.07) is 0. The number of hydrogen-bond donors (Lipinski definition) is 1. The van der Waals surface area contributed by atoms with E-state index in [-0.39, 0.29) is 0 Å². The van der Waals surface area contributed by atoms with Gasteiger partial charge in [0.15, 0.2) is 0 Å². The average molecular weight is 263 g/mol. The van der Waals surface area contributed by atoms with E-state index in [1.807, 2.05) is 0 Å². The largest absolute Gasteiger partial charge is 0.377 e. The maximum Gasteiger partial charge on any atom is 0.0632 e. The predicted octanol–water partition coefficient (Wildman–Crippen LogP) is 3.35. The zero-order chi connectivity index (χ0) is 12.9. The first-order valence-corrected chi connectivity index (χ1v) is 8.60. The molecule has 5 rings (SSSR count). The second kappa shape index (κ2) is 4.73. The third kappa shape index (κ3) is 2.15. The summed E-state index contributed by atoms with van der Waals surface area (Å²) in [5.41, 5.74) is 6.39. The van der Waals surface area contributed by atoms with Crippen LogP contribution in [0.1, 0.15) is 57.8 Å². The summed E-state index contributed by atoms with van der Waals surface area (Å²) in [5.74, 6) is 3.90. The van der Waals surface area contributed by atoms with E-state index >= 15 is 0 Å². The Kier molecular flexibility index (Phi) is 3.15. The molecule has 5 aliphatic carbocycles. The van der Waals surface area contributed by atoms with Crippen LogP contribution in [0.25, 0.3) is 0 Å². The summed E-state index contributed by atoms with van der Waals surface area (Å²) in [7, 11) is 0. The van der Waals surface area contributed by atoms with Gasteiger partial charge in [0.25, 0.3) is 0 Å². The summed E-state index contributed by atoms with van der Waals surface area (Å²) in [4.78, 5) is 0. The van der Waals surface area contributed by atoms with Gasteiger partial charge in [-0.25, -0.2) is 0 Å². The molecular weight excluding hydrogens is 234 g/mol. The lowest BCUT2D eigenvalue weighted by Crippen LogP contribution is -2.50. The Morgan fingerprint density at radius 2 is 1.47 bits per heavy atom. The van der Waals surface area contributed by atoms with Crippen LogP contribution < -0.4 is 5.73 Å². The molecule has 0 unspecified atom stereocenters. The fourth-order valence-corrected chi connectivity index (χ4v) is 5.95. The molecule has 0 atom stereocenters. The van der Waals surface area contributed by atoms with Gasteiger partial charge in [-0.15, -0.1) is 0 Å². The second-order valence-corrected chi connectivity index (χ2v) is 8.12. The first-order chi connectivity index (χ1) is 9.28. The first kappa shape index (κ1) is 12.6. The predicted molar refractivity (Wildman–Crippen MR) is 76.7 cm³/mol. The van der Waals surface area contributed by atoms with E-state index in [1.54, 1.807) is 0 Å². The molecule has 0 aromatic rings. The van der Waals surface area contributed by atoms with Crippen LogP contribution in [0.4, 0.5) is 0 Å². The van der Waals surface area contributed by atoms with Crippen LogP contribution in [-0.4, -0.2) is 19.3 Å². The molecule has 0 radical (unpaired) electrons. The van der Waals surface area contributed by atoms with E-state index in [0.717, 1.165) is 36.8 Å². The molecule has 5 saturated carbocycles. The lowest BCUT2D eigenvalue weighted by atomic mass is 9.55. The maximum atomic E-state index is 6.52. The lowest BCUT2D eigenvalue weighted by molar-refractivity contribution is -0.141. The van der Waals surface area contributed by atoms with Crippen molar-refractivity contribution in [3.05, 3.63) is 0 Å². The molecule has 0 aliphatic heterocycles. The summed E-state index contributed by atoms with van der Waals surface area (Å²) in [6.07, 6.45) is 13.3. The van der Waals surface area contributed by atoms with Gasteiger partial charge in [0.2, 0.25) is 0 Å². The second-order valence-electron chi connectivity index (χ2n) is 8.12. The highest BCUT2D eigenvalue weighted by molar-refractivity contribution is 4.99. The third-order valence-corrected chi connectivity index (χ3v) is 6.82. The normalized spacial score (nSPS) is 46.9. The van der Waals surface area contributed by atoms with Crippen LogP contribution in [0.3, 0.4) is 0 Å². The van der Waals surface area contributed by atoms with Crippen molar-refractivity contribution >= 4 is 0 Å². The molecule has 108 valence electrons. The van der Waals surface area contributed by atoms with Crippen molar-refractivity contribution in [2.45, 2.75) is 63.9 Å². The minimum atomic E-state index is 0.342. The quantitative estimate of drug-likeness (QED) is 0.844. The van der Waals surface area contributed by atoms with E-state index < -0.39 is 0 Å². The number of hydrogen-bond acceptors (Lipinski definition) is 2. The Balaban J connectivity index is 1.40. The lowest BCUT2D eigenvalue weighted by Gasteiger charge is -2.54. The Hall–Kier alpha value is -0.0800. The highest BCUT2D eigenvalue weighted by Gasteiger charge is 2.49. The topological polar surface area (TPSA) is 35.2 Å². The fourth-order valence-electron chi connectivity index (χ4n) is 5.95. The molecule has 0 saturated heterocycles. The molecule has 0 amide bonds. The van der Waals surface area contributed by atoms with Gasteiger partial charge in [0, 0.05) is 12.0 Å². The summed E-state index contributed by atoms with van der Waals surface area (Å²) >= 11 is 0. The molecule has 0 aromatic carbocycles. The van der Waals surface area contributed by atoms with Gasteiger partial charge >= 0.3 is 0 Å². The van der Waals surface area contributed by atoms with Gasteiger partial charge < -0.3 is 10.5 Å². The van der Waals surface area contributed by atoms with Crippen LogP contribution >= 0.6 is 0 Å². The molecule has 4 bridgehead atoms. The minimum absolute atomic E-state index is 0.342. The smallest absolute Gasteiger partial charge is 0.0632 e. The van der Waals surface area contributed by atoms with E-state index in [2.05, 4.69) is 0 Å². The van der Waals surface area contributed by atoms with E-state index in [1.165, 1.54) is 57.8 Å². The summed E-state index contributed by atoms with van der Waals surface area (Å²) in [6.45, 7) is 1.79. The van der Waals surface area contributed by atoms with Gasteiger partial charge in [-0.3, -0.25) is 0 Å². The number of rotatable bonds is 4. The Morgan fingerprint density at radius 3 is 2.00 bits per heavy atom. The molecule has 2 N–H and O–H groups in total. The molecule has 0 aromatic heterocycles. The van der Waals surface area contributed by atoms with Gasteiger partial charge in [-0.05, 0) is 68.6 Å². The Labute approximate surface area is 117 Å². The van der Waals surface area contributed by atoms with Crippen LogP contribution in [0.15, 0.2) is 0 Å². The fraction of sp³-hybridized carbons (Fsp3) is 1.00. The van der Waals surface area contributed by atoms with Gasteiger partial charge in [-0.2, -0.15) is 0 Å². The molecular formula is C17H29NO. The Bertz CT molecular complexity index is 306. The van der Waals surface area contributed by atoms with Crippen LogP contribution in [0.5, 0.6) is 0 Å². The highest BCUT2D eigenvalue weighted by Crippen LogP contribution is 2.55.